The molecule has 1 N–H and O–H groups in total. The maximum Gasteiger partial charge on any atom is 0.0226 e. The number of thioether (sulfide) groups is 1. The standard InChI is InChI=1S/C15H26N2S/c1-5-18-15-8-6-7-14(15)16-10-13-9-11(2)17(4)12(13)3/h9,14-16H,5-8,10H2,1-4H3. The molecule has 0 spiro atoms. The Morgan fingerprint density at radius 3 is 2.78 bits per heavy atom. The molecule has 1 saturated carbocycles. The lowest BCUT2D eigenvalue weighted by Crippen LogP contribution is -2.33. The van der Waals surface area contributed by atoms with Gasteiger partial charge in [-0.2, -0.15) is 11.8 Å². The van der Waals surface area contributed by atoms with Gasteiger partial charge in [0.15, 0.2) is 0 Å². The smallest absolute Gasteiger partial charge is 0.0226 e. The van der Waals surface area contributed by atoms with Crippen molar-refractivity contribution in [3.05, 3.63) is 23.0 Å². The van der Waals surface area contributed by atoms with Crippen molar-refractivity contribution < 1.29 is 0 Å². The maximum absolute atomic E-state index is 3.78. The van der Waals surface area contributed by atoms with E-state index in [4.69, 9.17) is 0 Å². The third-order valence-corrected chi connectivity index (χ3v) is 5.59. The third-order valence-electron chi connectivity index (χ3n) is 4.27. The van der Waals surface area contributed by atoms with Crippen molar-refractivity contribution in [1.82, 2.24) is 9.88 Å². The first-order valence-electron chi connectivity index (χ1n) is 7.10. The van der Waals surface area contributed by atoms with Gasteiger partial charge < -0.3 is 9.88 Å². The summed E-state index contributed by atoms with van der Waals surface area (Å²) in [5.74, 6) is 1.24. The maximum atomic E-state index is 3.78. The average molecular weight is 266 g/mol. The van der Waals surface area contributed by atoms with Crippen molar-refractivity contribution in [2.24, 2.45) is 7.05 Å². The molecule has 0 saturated heterocycles. The average Bonchev–Trinajstić information content (AvgIpc) is 2.88. The summed E-state index contributed by atoms with van der Waals surface area (Å²) >= 11 is 2.13. The van der Waals surface area contributed by atoms with Crippen LogP contribution in [0.4, 0.5) is 0 Å². The van der Waals surface area contributed by atoms with Gasteiger partial charge in [0, 0.05) is 36.3 Å². The van der Waals surface area contributed by atoms with Gasteiger partial charge in [-0.25, -0.2) is 0 Å². The van der Waals surface area contributed by atoms with E-state index in [0.717, 1.165) is 17.8 Å². The first-order valence-corrected chi connectivity index (χ1v) is 8.15. The Bertz CT molecular complexity index is 397. The fourth-order valence-corrected chi connectivity index (χ4v) is 4.15. The largest absolute Gasteiger partial charge is 0.352 e. The summed E-state index contributed by atoms with van der Waals surface area (Å²) in [4.78, 5) is 0. The zero-order valence-corrected chi connectivity index (χ0v) is 12.9. The molecule has 1 aromatic rings. The number of hydrogen-bond acceptors (Lipinski definition) is 2. The van der Waals surface area contributed by atoms with Crippen LogP contribution in [-0.4, -0.2) is 21.6 Å². The molecular formula is C15H26N2S. The Morgan fingerprint density at radius 2 is 2.17 bits per heavy atom. The molecule has 18 heavy (non-hydrogen) atoms. The SMILES string of the molecule is CCSC1CCCC1NCc1cc(C)n(C)c1C. The molecule has 1 fully saturated rings. The van der Waals surface area contributed by atoms with Crippen LogP contribution in [0.25, 0.3) is 0 Å². The number of rotatable bonds is 5. The Hall–Kier alpha value is -0.410. The Kier molecular flexibility index (Phi) is 4.79. The Morgan fingerprint density at radius 1 is 1.39 bits per heavy atom. The van der Waals surface area contributed by atoms with Gasteiger partial charge in [0.2, 0.25) is 0 Å². The fourth-order valence-electron chi connectivity index (χ4n) is 2.93. The highest BCUT2D eigenvalue weighted by Crippen LogP contribution is 2.30. The molecule has 1 aliphatic carbocycles. The zero-order chi connectivity index (χ0) is 13.1. The minimum atomic E-state index is 0.717. The van der Waals surface area contributed by atoms with Gasteiger partial charge in [0.25, 0.3) is 0 Å². The van der Waals surface area contributed by atoms with E-state index < -0.39 is 0 Å². The molecule has 0 radical (unpaired) electrons. The zero-order valence-electron chi connectivity index (χ0n) is 12.1. The van der Waals surface area contributed by atoms with E-state index in [1.165, 1.54) is 42.0 Å². The monoisotopic (exact) mass is 266 g/mol. The molecule has 1 aliphatic rings. The van der Waals surface area contributed by atoms with Crippen molar-refractivity contribution in [3.8, 4) is 0 Å². The van der Waals surface area contributed by atoms with Crippen LogP contribution in [-0.2, 0) is 13.6 Å². The van der Waals surface area contributed by atoms with Gasteiger partial charge in [0.05, 0.1) is 0 Å². The Balaban J connectivity index is 1.92. The van der Waals surface area contributed by atoms with Crippen LogP contribution in [0.3, 0.4) is 0 Å². The van der Waals surface area contributed by atoms with E-state index in [2.05, 4.69) is 55.5 Å². The van der Waals surface area contributed by atoms with E-state index in [0.29, 0.717) is 0 Å². The molecule has 0 bridgehead atoms. The fraction of sp³-hybridized carbons (Fsp3) is 0.733. The normalized spacial score (nSPS) is 23.8. The summed E-state index contributed by atoms with van der Waals surface area (Å²) in [5, 5.41) is 4.61. The minimum absolute atomic E-state index is 0.717. The molecule has 0 aliphatic heterocycles. The quantitative estimate of drug-likeness (QED) is 0.879. The third kappa shape index (κ3) is 2.94. The molecule has 1 aromatic heterocycles. The second kappa shape index (κ2) is 6.16. The highest BCUT2D eigenvalue weighted by atomic mass is 32.2. The van der Waals surface area contributed by atoms with Crippen molar-refractivity contribution in [2.45, 2.75) is 57.9 Å². The molecule has 2 nitrogen and oxygen atoms in total. The number of aromatic nitrogens is 1. The lowest BCUT2D eigenvalue weighted by atomic mass is 10.2. The summed E-state index contributed by atoms with van der Waals surface area (Å²) in [6.45, 7) is 7.70. The van der Waals surface area contributed by atoms with Gasteiger partial charge in [-0.3, -0.25) is 0 Å². The first kappa shape index (κ1) is 14.0. The number of hydrogen-bond donors (Lipinski definition) is 1. The van der Waals surface area contributed by atoms with Crippen LogP contribution >= 0.6 is 11.8 Å². The molecule has 0 aromatic carbocycles. The molecule has 2 rings (SSSR count). The summed E-state index contributed by atoms with van der Waals surface area (Å²) < 4.78 is 2.28. The van der Waals surface area contributed by atoms with Gasteiger partial charge in [-0.1, -0.05) is 13.3 Å². The van der Waals surface area contributed by atoms with E-state index in [-0.39, 0.29) is 0 Å². The molecule has 0 amide bonds. The van der Waals surface area contributed by atoms with Crippen molar-refractivity contribution in [3.63, 3.8) is 0 Å². The highest BCUT2D eigenvalue weighted by Gasteiger charge is 2.26. The topological polar surface area (TPSA) is 17.0 Å². The molecular weight excluding hydrogens is 240 g/mol. The lowest BCUT2D eigenvalue weighted by Gasteiger charge is -2.20. The van der Waals surface area contributed by atoms with Crippen molar-refractivity contribution in [1.29, 1.82) is 0 Å². The van der Waals surface area contributed by atoms with Gasteiger partial charge >= 0.3 is 0 Å². The van der Waals surface area contributed by atoms with Crippen LogP contribution in [0.2, 0.25) is 0 Å². The predicted octanol–water partition coefficient (Wildman–Crippen LogP) is 3.41. The first-order chi connectivity index (χ1) is 8.63. The molecule has 102 valence electrons. The van der Waals surface area contributed by atoms with Crippen LogP contribution in [0.5, 0.6) is 0 Å². The minimum Gasteiger partial charge on any atom is -0.352 e. The molecule has 2 unspecified atom stereocenters. The van der Waals surface area contributed by atoms with E-state index >= 15 is 0 Å². The van der Waals surface area contributed by atoms with Gasteiger partial charge in [0.1, 0.15) is 0 Å². The summed E-state index contributed by atoms with van der Waals surface area (Å²) in [7, 11) is 2.15. The summed E-state index contributed by atoms with van der Waals surface area (Å²) in [6, 6.07) is 3.04. The van der Waals surface area contributed by atoms with Crippen molar-refractivity contribution in [2.75, 3.05) is 5.75 Å². The van der Waals surface area contributed by atoms with Gasteiger partial charge in [-0.15, -0.1) is 0 Å². The molecule has 2 atom stereocenters. The molecule has 1 heterocycles. The molecule has 3 heteroatoms. The number of aryl methyl sites for hydroxylation is 1. The number of nitrogens with zero attached hydrogens (tertiary/aromatic N) is 1. The van der Waals surface area contributed by atoms with E-state index in [1.807, 2.05) is 0 Å². The van der Waals surface area contributed by atoms with Gasteiger partial charge in [-0.05, 0) is 44.1 Å². The second-order valence-corrected chi connectivity index (χ2v) is 6.88. The predicted molar refractivity (Wildman–Crippen MR) is 81.3 cm³/mol. The number of nitrogens with one attached hydrogen (secondary N) is 1. The van der Waals surface area contributed by atoms with Crippen LogP contribution in [0.15, 0.2) is 6.07 Å². The summed E-state index contributed by atoms with van der Waals surface area (Å²) in [5.41, 5.74) is 4.22. The highest BCUT2D eigenvalue weighted by molar-refractivity contribution is 7.99. The lowest BCUT2D eigenvalue weighted by molar-refractivity contribution is 0.530. The second-order valence-electron chi connectivity index (χ2n) is 5.37. The Labute approximate surface area is 116 Å². The van der Waals surface area contributed by atoms with Crippen LogP contribution in [0.1, 0.15) is 43.1 Å². The summed E-state index contributed by atoms with van der Waals surface area (Å²) in [6.07, 6.45) is 4.13. The van der Waals surface area contributed by atoms with Crippen molar-refractivity contribution >= 4 is 11.8 Å². The van der Waals surface area contributed by atoms with Crippen LogP contribution in [0, 0.1) is 13.8 Å². The van der Waals surface area contributed by atoms with Crippen LogP contribution < -0.4 is 5.32 Å². The van der Waals surface area contributed by atoms with E-state index in [9.17, 15) is 0 Å². The van der Waals surface area contributed by atoms with E-state index in [1.54, 1.807) is 0 Å².